The number of piperidine rings is 1. The van der Waals surface area contributed by atoms with Gasteiger partial charge in [0.1, 0.15) is 12.1 Å². The molecular formula is C9H15N3O2. The van der Waals surface area contributed by atoms with Crippen molar-refractivity contribution in [1.29, 1.82) is 0 Å². The van der Waals surface area contributed by atoms with Crippen molar-refractivity contribution in [3.8, 4) is 0 Å². The number of hydrogen-bond acceptors (Lipinski definition) is 3. The average Bonchev–Trinajstić information content (AvgIpc) is 2.33. The first kappa shape index (κ1) is 9.45. The molecule has 2 saturated heterocycles. The van der Waals surface area contributed by atoms with Crippen molar-refractivity contribution in [2.45, 2.75) is 31.3 Å². The SMILES string of the molecule is NC1CNC(=O)[C@H]2CCCCN2C1=O. The van der Waals surface area contributed by atoms with Crippen LogP contribution in [0.15, 0.2) is 0 Å². The fraction of sp³-hybridized carbons (Fsp3) is 0.778. The maximum atomic E-state index is 11.7. The van der Waals surface area contributed by atoms with E-state index in [4.69, 9.17) is 5.73 Å². The van der Waals surface area contributed by atoms with Crippen LogP contribution in [0, 0.1) is 0 Å². The average molecular weight is 197 g/mol. The van der Waals surface area contributed by atoms with E-state index in [1.807, 2.05) is 0 Å². The summed E-state index contributed by atoms with van der Waals surface area (Å²) in [5.74, 6) is -0.140. The van der Waals surface area contributed by atoms with Gasteiger partial charge >= 0.3 is 0 Å². The van der Waals surface area contributed by atoms with Crippen LogP contribution in [0.25, 0.3) is 0 Å². The van der Waals surface area contributed by atoms with Crippen LogP contribution in [-0.4, -0.2) is 41.9 Å². The van der Waals surface area contributed by atoms with Crippen LogP contribution in [0.4, 0.5) is 0 Å². The molecule has 14 heavy (non-hydrogen) atoms. The zero-order valence-corrected chi connectivity index (χ0v) is 8.03. The van der Waals surface area contributed by atoms with E-state index < -0.39 is 6.04 Å². The van der Waals surface area contributed by atoms with Crippen LogP contribution in [-0.2, 0) is 9.59 Å². The third-order valence-electron chi connectivity index (χ3n) is 2.90. The van der Waals surface area contributed by atoms with Gasteiger partial charge in [0.2, 0.25) is 11.8 Å². The van der Waals surface area contributed by atoms with Crippen LogP contribution in [0.3, 0.4) is 0 Å². The molecule has 0 aliphatic carbocycles. The molecule has 1 unspecified atom stereocenters. The lowest BCUT2D eigenvalue weighted by Gasteiger charge is -2.33. The predicted octanol–water partition coefficient (Wildman–Crippen LogP) is -1.18. The molecule has 0 bridgehead atoms. The Morgan fingerprint density at radius 3 is 2.93 bits per heavy atom. The zero-order chi connectivity index (χ0) is 10.1. The van der Waals surface area contributed by atoms with E-state index in [0.29, 0.717) is 6.54 Å². The topological polar surface area (TPSA) is 75.4 Å². The van der Waals surface area contributed by atoms with Crippen molar-refractivity contribution in [2.75, 3.05) is 13.1 Å². The molecule has 2 heterocycles. The lowest BCUT2D eigenvalue weighted by molar-refractivity contribution is -0.140. The normalized spacial score (nSPS) is 33.4. The molecule has 2 amide bonds. The smallest absolute Gasteiger partial charge is 0.242 e. The van der Waals surface area contributed by atoms with Gasteiger partial charge in [-0.15, -0.1) is 0 Å². The summed E-state index contributed by atoms with van der Waals surface area (Å²) >= 11 is 0. The highest BCUT2D eigenvalue weighted by Gasteiger charge is 2.37. The molecule has 3 N–H and O–H groups in total. The van der Waals surface area contributed by atoms with E-state index >= 15 is 0 Å². The molecule has 2 aliphatic rings. The second kappa shape index (κ2) is 3.57. The Balaban J connectivity index is 2.22. The van der Waals surface area contributed by atoms with Gasteiger partial charge in [0.15, 0.2) is 0 Å². The summed E-state index contributed by atoms with van der Waals surface area (Å²) in [5, 5.41) is 2.70. The first-order valence-electron chi connectivity index (χ1n) is 5.04. The minimum absolute atomic E-state index is 0.0500. The molecule has 5 heteroatoms. The van der Waals surface area contributed by atoms with Gasteiger partial charge in [0.25, 0.3) is 0 Å². The van der Waals surface area contributed by atoms with E-state index in [9.17, 15) is 9.59 Å². The molecule has 2 atom stereocenters. The molecule has 0 aromatic rings. The quantitative estimate of drug-likeness (QED) is 0.513. The number of carbonyl (C=O) groups excluding carboxylic acids is 2. The van der Waals surface area contributed by atoms with Gasteiger partial charge in [0, 0.05) is 13.1 Å². The first-order valence-corrected chi connectivity index (χ1v) is 5.04. The van der Waals surface area contributed by atoms with Crippen LogP contribution < -0.4 is 11.1 Å². The van der Waals surface area contributed by atoms with Gasteiger partial charge in [-0.3, -0.25) is 9.59 Å². The van der Waals surface area contributed by atoms with E-state index in [-0.39, 0.29) is 24.4 Å². The molecule has 2 rings (SSSR count). The van der Waals surface area contributed by atoms with Crippen molar-refractivity contribution in [1.82, 2.24) is 10.2 Å². The third-order valence-corrected chi connectivity index (χ3v) is 2.90. The molecule has 0 spiro atoms. The lowest BCUT2D eigenvalue weighted by Crippen LogP contribution is -2.51. The Kier molecular flexibility index (Phi) is 2.41. The van der Waals surface area contributed by atoms with Crippen LogP contribution in [0.1, 0.15) is 19.3 Å². The summed E-state index contributed by atoms with van der Waals surface area (Å²) < 4.78 is 0. The van der Waals surface area contributed by atoms with Gasteiger partial charge in [-0.1, -0.05) is 0 Å². The molecule has 2 fully saturated rings. The van der Waals surface area contributed by atoms with Gasteiger partial charge in [0.05, 0.1) is 0 Å². The van der Waals surface area contributed by atoms with E-state index in [0.717, 1.165) is 19.3 Å². The van der Waals surface area contributed by atoms with Crippen LogP contribution >= 0.6 is 0 Å². The van der Waals surface area contributed by atoms with Crippen LogP contribution in [0.5, 0.6) is 0 Å². The minimum atomic E-state index is -0.568. The second-order valence-corrected chi connectivity index (χ2v) is 3.89. The van der Waals surface area contributed by atoms with E-state index in [1.165, 1.54) is 0 Å². The largest absolute Gasteiger partial charge is 0.352 e. The number of nitrogens with two attached hydrogens (primary N) is 1. The lowest BCUT2D eigenvalue weighted by atomic mass is 10.0. The van der Waals surface area contributed by atoms with Crippen molar-refractivity contribution in [3.05, 3.63) is 0 Å². The van der Waals surface area contributed by atoms with Crippen LogP contribution in [0.2, 0.25) is 0 Å². The number of nitrogens with one attached hydrogen (secondary N) is 1. The van der Waals surface area contributed by atoms with Crippen molar-refractivity contribution in [3.63, 3.8) is 0 Å². The van der Waals surface area contributed by atoms with E-state index in [1.54, 1.807) is 4.90 Å². The summed E-state index contributed by atoms with van der Waals surface area (Å²) in [6.45, 7) is 0.940. The standard InChI is InChI=1S/C9H15N3O2/c10-6-5-11-8(13)7-3-1-2-4-12(7)9(6)14/h6-7H,1-5,10H2,(H,11,13)/t6?,7-/m1/s1. The maximum absolute atomic E-state index is 11.7. The Hall–Kier alpha value is -1.10. The number of fused-ring (bicyclic) bond motifs is 1. The van der Waals surface area contributed by atoms with Gasteiger partial charge in [-0.2, -0.15) is 0 Å². The fourth-order valence-corrected chi connectivity index (χ4v) is 2.10. The summed E-state index contributed by atoms with van der Waals surface area (Å²) in [5.41, 5.74) is 5.64. The summed E-state index contributed by atoms with van der Waals surface area (Å²) in [7, 11) is 0. The van der Waals surface area contributed by atoms with Crippen molar-refractivity contribution in [2.24, 2.45) is 5.73 Å². The fourth-order valence-electron chi connectivity index (χ4n) is 2.10. The number of nitrogens with zero attached hydrogens (tertiary/aromatic N) is 1. The van der Waals surface area contributed by atoms with Gasteiger partial charge in [-0.25, -0.2) is 0 Å². The maximum Gasteiger partial charge on any atom is 0.242 e. The Bertz CT molecular complexity index is 267. The predicted molar refractivity (Wildman–Crippen MR) is 50.3 cm³/mol. The molecule has 2 aliphatic heterocycles. The van der Waals surface area contributed by atoms with Gasteiger partial charge in [-0.05, 0) is 19.3 Å². The molecular weight excluding hydrogens is 182 g/mol. The highest BCUT2D eigenvalue weighted by atomic mass is 16.2. The Labute approximate surface area is 82.6 Å². The molecule has 0 radical (unpaired) electrons. The number of rotatable bonds is 0. The number of carbonyl (C=O) groups is 2. The number of amides is 2. The summed E-state index contributed by atoms with van der Waals surface area (Å²) in [6.07, 6.45) is 2.75. The zero-order valence-electron chi connectivity index (χ0n) is 8.03. The molecule has 0 saturated carbocycles. The second-order valence-electron chi connectivity index (χ2n) is 3.89. The van der Waals surface area contributed by atoms with Crippen molar-refractivity contribution < 1.29 is 9.59 Å². The molecule has 78 valence electrons. The molecule has 0 aromatic heterocycles. The highest BCUT2D eigenvalue weighted by molar-refractivity contribution is 5.92. The highest BCUT2D eigenvalue weighted by Crippen LogP contribution is 2.19. The molecule has 5 nitrogen and oxygen atoms in total. The Morgan fingerprint density at radius 1 is 1.36 bits per heavy atom. The molecule has 0 aromatic carbocycles. The monoisotopic (exact) mass is 197 g/mol. The summed E-state index contributed by atoms with van der Waals surface area (Å²) in [4.78, 5) is 24.9. The Morgan fingerprint density at radius 2 is 2.14 bits per heavy atom. The first-order chi connectivity index (χ1) is 6.70. The summed E-state index contributed by atoms with van der Waals surface area (Å²) in [6, 6.07) is -0.841. The van der Waals surface area contributed by atoms with E-state index in [2.05, 4.69) is 5.32 Å². The minimum Gasteiger partial charge on any atom is -0.352 e. The number of hydrogen-bond donors (Lipinski definition) is 2. The third kappa shape index (κ3) is 1.48. The van der Waals surface area contributed by atoms with Crippen molar-refractivity contribution >= 4 is 11.8 Å². The van der Waals surface area contributed by atoms with Gasteiger partial charge < -0.3 is 16.0 Å².